The Morgan fingerprint density at radius 2 is 1.89 bits per heavy atom. The lowest BCUT2D eigenvalue weighted by Gasteiger charge is -2.18. The van der Waals surface area contributed by atoms with Gasteiger partial charge in [-0.15, -0.1) is 0 Å². The molecule has 2 aromatic rings. The predicted molar refractivity (Wildman–Crippen MR) is 80.4 cm³/mol. The van der Waals surface area contributed by atoms with Crippen molar-refractivity contribution >= 4 is 0 Å². The Bertz CT molecular complexity index is 544. The van der Waals surface area contributed by atoms with E-state index in [9.17, 15) is 0 Å². The zero-order valence-corrected chi connectivity index (χ0v) is 12.2. The second-order valence-corrected chi connectivity index (χ2v) is 5.21. The highest BCUT2D eigenvalue weighted by atomic mass is 14.9. The molecular weight excluding hydrogens is 232 g/mol. The summed E-state index contributed by atoms with van der Waals surface area (Å²) in [6, 6.07) is 11.2. The van der Waals surface area contributed by atoms with Crippen LogP contribution in [0.5, 0.6) is 0 Å². The van der Waals surface area contributed by atoms with E-state index in [0.717, 1.165) is 12.1 Å². The number of hydrogen-bond acceptors (Lipinski definition) is 2. The molecule has 2 heteroatoms. The number of aryl methyl sites for hydroxylation is 3. The van der Waals surface area contributed by atoms with E-state index in [1.165, 1.54) is 22.3 Å². The Hall–Kier alpha value is -1.67. The maximum Gasteiger partial charge on any atom is 0.0373 e. The van der Waals surface area contributed by atoms with E-state index < -0.39 is 0 Å². The molecule has 1 N–H and O–H groups in total. The SMILES string of the molecule is CNC(Cc1cc(C)ccc1C)c1ccc(C)nc1. The molecule has 0 aliphatic carbocycles. The van der Waals surface area contributed by atoms with Gasteiger partial charge in [0.2, 0.25) is 0 Å². The Kier molecular flexibility index (Phi) is 4.33. The van der Waals surface area contributed by atoms with Gasteiger partial charge in [-0.2, -0.15) is 0 Å². The summed E-state index contributed by atoms with van der Waals surface area (Å²) in [7, 11) is 2.01. The van der Waals surface area contributed by atoms with Crippen LogP contribution in [0.1, 0.15) is 34.0 Å². The van der Waals surface area contributed by atoms with Crippen LogP contribution in [0.15, 0.2) is 36.5 Å². The summed E-state index contributed by atoms with van der Waals surface area (Å²) in [5, 5.41) is 3.39. The molecule has 0 saturated heterocycles. The highest BCUT2D eigenvalue weighted by Gasteiger charge is 2.12. The first kappa shape index (κ1) is 13.8. The van der Waals surface area contributed by atoms with Crippen molar-refractivity contribution in [3.8, 4) is 0 Å². The average Bonchev–Trinajstić information content (AvgIpc) is 2.41. The molecule has 1 atom stereocenters. The van der Waals surface area contributed by atoms with Crippen LogP contribution in [0.3, 0.4) is 0 Å². The molecule has 100 valence electrons. The van der Waals surface area contributed by atoms with E-state index in [4.69, 9.17) is 0 Å². The van der Waals surface area contributed by atoms with Crippen molar-refractivity contribution in [3.63, 3.8) is 0 Å². The van der Waals surface area contributed by atoms with Gasteiger partial charge >= 0.3 is 0 Å². The van der Waals surface area contributed by atoms with Crippen molar-refractivity contribution in [2.24, 2.45) is 0 Å². The molecule has 1 heterocycles. The molecule has 0 aliphatic rings. The first-order valence-corrected chi connectivity index (χ1v) is 6.76. The van der Waals surface area contributed by atoms with Crippen molar-refractivity contribution < 1.29 is 0 Å². The van der Waals surface area contributed by atoms with E-state index in [0.29, 0.717) is 6.04 Å². The molecule has 0 saturated carbocycles. The van der Waals surface area contributed by atoms with Crippen LogP contribution in [0, 0.1) is 20.8 Å². The largest absolute Gasteiger partial charge is 0.313 e. The van der Waals surface area contributed by atoms with Crippen LogP contribution in [0.2, 0.25) is 0 Å². The zero-order valence-electron chi connectivity index (χ0n) is 12.2. The quantitative estimate of drug-likeness (QED) is 0.903. The molecular formula is C17H22N2. The van der Waals surface area contributed by atoms with Gasteiger partial charge in [0, 0.05) is 17.9 Å². The smallest absolute Gasteiger partial charge is 0.0373 e. The highest BCUT2D eigenvalue weighted by Crippen LogP contribution is 2.20. The van der Waals surface area contributed by atoms with Gasteiger partial charge in [-0.25, -0.2) is 0 Å². The van der Waals surface area contributed by atoms with Crippen LogP contribution in [0.4, 0.5) is 0 Å². The lowest BCUT2D eigenvalue weighted by molar-refractivity contribution is 0.588. The standard InChI is InChI=1S/C17H22N2/c1-12-5-6-13(2)16(9-12)10-17(18-4)15-8-7-14(3)19-11-15/h5-9,11,17-18H,10H2,1-4H3. The molecule has 0 aliphatic heterocycles. The Balaban J connectivity index is 2.23. The fourth-order valence-electron chi connectivity index (χ4n) is 2.31. The minimum absolute atomic E-state index is 0.314. The number of pyridine rings is 1. The van der Waals surface area contributed by atoms with Gasteiger partial charge in [0.1, 0.15) is 0 Å². The molecule has 2 rings (SSSR count). The molecule has 0 spiro atoms. The number of nitrogens with zero attached hydrogens (tertiary/aromatic N) is 1. The van der Waals surface area contributed by atoms with Gasteiger partial charge in [-0.3, -0.25) is 4.98 Å². The Morgan fingerprint density at radius 3 is 2.53 bits per heavy atom. The fourth-order valence-corrected chi connectivity index (χ4v) is 2.31. The van der Waals surface area contributed by atoms with Gasteiger partial charge in [-0.1, -0.05) is 29.8 Å². The monoisotopic (exact) mass is 254 g/mol. The van der Waals surface area contributed by atoms with Gasteiger partial charge in [0.25, 0.3) is 0 Å². The second-order valence-electron chi connectivity index (χ2n) is 5.21. The van der Waals surface area contributed by atoms with E-state index in [2.05, 4.69) is 54.5 Å². The van der Waals surface area contributed by atoms with Crippen LogP contribution in [0.25, 0.3) is 0 Å². The first-order chi connectivity index (χ1) is 9.10. The predicted octanol–water partition coefficient (Wildman–Crippen LogP) is 3.51. The van der Waals surface area contributed by atoms with Gasteiger partial charge in [0.05, 0.1) is 0 Å². The average molecular weight is 254 g/mol. The summed E-state index contributed by atoms with van der Waals surface area (Å²) in [6.07, 6.45) is 2.97. The molecule has 2 nitrogen and oxygen atoms in total. The molecule has 19 heavy (non-hydrogen) atoms. The van der Waals surface area contributed by atoms with E-state index >= 15 is 0 Å². The zero-order chi connectivity index (χ0) is 13.8. The third-order valence-corrected chi connectivity index (χ3v) is 3.61. The molecule has 1 aromatic heterocycles. The third-order valence-electron chi connectivity index (χ3n) is 3.61. The molecule has 0 bridgehead atoms. The number of hydrogen-bond donors (Lipinski definition) is 1. The molecule has 1 unspecified atom stereocenters. The van der Waals surface area contributed by atoms with Crippen molar-refractivity contribution in [3.05, 3.63) is 64.5 Å². The van der Waals surface area contributed by atoms with E-state index in [1.807, 2.05) is 20.2 Å². The van der Waals surface area contributed by atoms with E-state index in [1.54, 1.807) is 0 Å². The third kappa shape index (κ3) is 3.42. The highest BCUT2D eigenvalue weighted by molar-refractivity contribution is 5.32. The first-order valence-electron chi connectivity index (χ1n) is 6.76. The summed E-state index contributed by atoms with van der Waals surface area (Å²) >= 11 is 0. The van der Waals surface area contributed by atoms with Crippen molar-refractivity contribution in [2.45, 2.75) is 33.2 Å². The number of aromatic nitrogens is 1. The lowest BCUT2D eigenvalue weighted by Crippen LogP contribution is -2.19. The summed E-state index contributed by atoms with van der Waals surface area (Å²) in [5.74, 6) is 0. The lowest BCUT2D eigenvalue weighted by atomic mass is 9.95. The van der Waals surface area contributed by atoms with E-state index in [-0.39, 0.29) is 0 Å². The summed E-state index contributed by atoms with van der Waals surface area (Å²) in [6.45, 7) is 6.34. The van der Waals surface area contributed by atoms with Crippen LogP contribution in [-0.4, -0.2) is 12.0 Å². The van der Waals surface area contributed by atoms with Gasteiger partial charge < -0.3 is 5.32 Å². The van der Waals surface area contributed by atoms with Crippen LogP contribution < -0.4 is 5.32 Å². The molecule has 0 fully saturated rings. The Morgan fingerprint density at radius 1 is 1.11 bits per heavy atom. The van der Waals surface area contributed by atoms with Gasteiger partial charge in [0.15, 0.2) is 0 Å². The van der Waals surface area contributed by atoms with Crippen molar-refractivity contribution in [1.82, 2.24) is 10.3 Å². The molecule has 1 aromatic carbocycles. The topological polar surface area (TPSA) is 24.9 Å². The minimum atomic E-state index is 0.314. The summed E-state index contributed by atoms with van der Waals surface area (Å²) in [4.78, 5) is 4.39. The number of benzene rings is 1. The second kappa shape index (κ2) is 5.98. The minimum Gasteiger partial charge on any atom is -0.313 e. The Labute approximate surface area is 115 Å². The summed E-state index contributed by atoms with van der Waals surface area (Å²) in [5.41, 5.74) is 6.38. The number of rotatable bonds is 4. The number of nitrogens with one attached hydrogen (secondary N) is 1. The van der Waals surface area contributed by atoms with Gasteiger partial charge in [-0.05, 0) is 57.0 Å². The fraction of sp³-hybridized carbons (Fsp3) is 0.353. The summed E-state index contributed by atoms with van der Waals surface area (Å²) < 4.78 is 0. The van der Waals surface area contributed by atoms with Crippen molar-refractivity contribution in [1.29, 1.82) is 0 Å². The van der Waals surface area contributed by atoms with Crippen LogP contribution in [-0.2, 0) is 6.42 Å². The maximum absolute atomic E-state index is 4.39. The van der Waals surface area contributed by atoms with Crippen LogP contribution >= 0.6 is 0 Å². The van der Waals surface area contributed by atoms with Crippen molar-refractivity contribution in [2.75, 3.05) is 7.05 Å². The molecule has 0 amide bonds. The molecule has 0 radical (unpaired) electrons. The maximum atomic E-state index is 4.39. The normalized spacial score (nSPS) is 12.4. The number of likely N-dealkylation sites (N-methyl/N-ethyl adjacent to an activating group) is 1.